The molecule has 1 amide bonds. The van der Waals surface area contributed by atoms with Gasteiger partial charge in [0.1, 0.15) is 5.78 Å². The fourth-order valence-corrected chi connectivity index (χ4v) is 4.91. The van der Waals surface area contributed by atoms with Crippen LogP contribution >= 0.6 is 0 Å². The highest BCUT2D eigenvalue weighted by molar-refractivity contribution is 5.80. The van der Waals surface area contributed by atoms with Crippen LogP contribution in [0, 0.1) is 11.8 Å². The van der Waals surface area contributed by atoms with Crippen molar-refractivity contribution in [2.45, 2.75) is 50.6 Å². The van der Waals surface area contributed by atoms with E-state index in [0.717, 1.165) is 45.3 Å². The van der Waals surface area contributed by atoms with Crippen LogP contribution in [0.5, 0.6) is 0 Å². The molecule has 19 heavy (non-hydrogen) atoms. The number of nitrogens with zero attached hydrogens (tertiary/aromatic N) is 2. The number of carbonyl (C=O) groups excluding carboxylic acids is 2. The molecule has 0 aromatic carbocycles. The summed E-state index contributed by atoms with van der Waals surface area (Å²) in [5.74, 6) is 1.99. The van der Waals surface area contributed by atoms with E-state index in [-0.39, 0.29) is 0 Å². The molecule has 0 aromatic heterocycles. The van der Waals surface area contributed by atoms with Crippen molar-refractivity contribution < 1.29 is 9.59 Å². The summed E-state index contributed by atoms with van der Waals surface area (Å²) in [7, 11) is 0. The third kappa shape index (κ3) is 1.83. The molecule has 0 N–H and O–H groups in total. The lowest BCUT2D eigenvalue weighted by molar-refractivity contribution is -0.149. The van der Waals surface area contributed by atoms with E-state index in [4.69, 9.17) is 0 Å². The van der Waals surface area contributed by atoms with Crippen LogP contribution in [0.3, 0.4) is 0 Å². The lowest BCUT2D eigenvalue weighted by Gasteiger charge is -2.56. The molecule has 0 unspecified atom stereocenters. The van der Waals surface area contributed by atoms with Crippen molar-refractivity contribution >= 4 is 11.7 Å². The molecule has 4 nitrogen and oxygen atoms in total. The predicted molar refractivity (Wildman–Crippen MR) is 70.6 cm³/mol. The molecule has 4 heteroatoms. The Morgan fingerprint density at radius 2 is 1.84 bits per heavy atom. The van der Waals surface area contributed by atoms with Gasteiger partial charge in [-0.05, 0) is 31.1 Å². The normalized spacial score (nSPS) is 42.8. The van der Waals surface area contributed by atoms with Crippen molar-refractivity contribution in [1.29, 1.82) is 0 Å². The molecule has 104 valence electrons. The second kappa shape index (κ2) is 4.30. The van der Waals surface area contributed by atoms with Crippen LogP contribution in [0.25, 0.3) is 0 Å². The van der Waals surface area contributed by atoms with Gasteiger partial charge in [-0.1, -0.05) is 0 Å². The van der Waals surface area contributed by atoms with E-state index in [9.17, 15) is 9.59 Å². The number of fused-ring (bicyclic) bond motifs is 6. The van der Waals surface area contributed by atoms with Crippen molar-refractivity contribution in [2.75, 3.05) is 19.6 Å². The Balaban J connectivity index is 1.59. The van der Waals surface area contributed by atoms with Crippen LogP contribution in [-0.2, 0) is 9.59 Å². The Morgan fingerprint density at radius 1 is 1.00 bits per heavy atom. The Morgan fingerprint density at radius 3 is 2.74 bits per heavy atom. The molecule has 0 aromatic rings. The summed E-state index contributed by atoms with van der Waals surface area (Å²) in [5.41, 5.74) is 0. The lowest BCUT2D eigenvalue weighted by atomic mass is 9.71. The molecular formula is C15H22N2O2. The van der Waals surface area contributed by atoms with Crippen molar-refractivity contribution in [3.05, 3.63) is 0 Å². The minimum atomic E-state index is 0.363. The number of ketones is 1. The summed E-state index contributed by atoms with van der Waals surface area (Å²) >= 11 is 0. The van der Waals surface area contributed by atoms with Crippen molar-refractivity contribution in [1.82, 2.24) is 9.80 Å². The maximum Gasteiger partial charge on any atom is 0.222 e. The average molecular weight is 262 g/mol. The number of rotatable bonds is 0. The molecule has 4 atom stereocenters. The van der Waals surface area contributed by atoms with E-state index in [1.54, 1.807) is 0 Å². The van der Waals surface area contributed by atoms with Gasteiger partial charge in [-0.25, -0.2) is 0 Å². The summed E-state index contributed by atoms with van der Waals surface area (Å²) in [4.78, 5) is 28.6. The van der Waals surface area contributed by atoms with Crippen molar-refractivity contribution in [2.24, 2.45) is 11.8 Å². The topological polar surface area (TPSA) is 40.6 Å². The van der Waals surface area contributed by atoms with Gasteiger partial charge in [-0.15, -0.1) is 0 Å². The molecule has 0 spiro atoms. The molecule has 2 bridgehead atoms. The highest BCUT2D eigenvalue weighted by Crippen LogP contribution is 2.42. The largest absolute Gasteiger partial charge is 0.339 e. The molecule has 4 heterocycles. The van der Waals surface area contributed by atoms with Gasteiger partial charge in [0, 0.05) is 51.0 Å². The molecule has 0 saturated carbocycles. The third-order valence-electron chi connectivity index (χ3n) is 5.79. The number of piperidine rings is 4. The number of Topliss-reactive ketones (excluding diaryl/α,β-unsaturated/α-hetero) is 1. The van der Waals surface area contributed by atoms with Gasteiger partial charge in [0.05, 0.1) is 0 Å². The quantitative estimate of drug-likeness (QED) is 0.655. The zero-order valence-electron chi connectivity index (χ0n) is 11.4. The summed E-state index contributed by atoms with van der Waals surface area (Å²) in [6.45, 7) is 2.98. The first-order valence-electron chi connectivity index (χ1n) is 7.77. The average Bonchev–Trinajstić information content (AvgIpc) is 2.41. The molecule has 4 aliphatic heterocycles. The molecule has 0 aliphatic carbocycles. The van der Waals surface area contributed by atoms with E-state index in [2.05, 4.69) is 9.80 Å². The molecule has 4 saturated heterocycles. The molecule has 0 radical (unpaired) electrons. The number of carbonyl (C=O) groups is 2. The smallest absolute Gasteiger partial charge is 0.222 e. The Bertz CT molecular complexity index is 422. The minimum absolute atomic E-state index is 0.363. The summed E-state index contributed by atoms with van der Waals surface area (Å²) in [5, 5.41) is 0. The summed E-state index contributed by atoms with van der Waals surface area (Å²) < 4.78 is 0. The van der Waals surface area contributed by atoms with Gasteiger partial charge in [0.25, 0.3) is 0 Å². The maximum atomic E-state index is 12.1. The van der Waals surface area contributed by atoms with Crippen LogP contribution in [0.2, 0.25) is 0 Å². The zero-order valence-corrected chi connectivity index (χ0v) is 11.4. The molecular weight excluding hydrogens is 240 g/mol. The minimum Gasteiger partial charge on any atom is -0.339 e. The first kappa shape index (κ1) is 11.9. The molecule has 4 rings (SSSR count). The third-order valence-corrected chi connectivity index (χ3v) is 5.79. The van der Waals surface area contributed by atoms with Gasteiger partial charge in [0.2, 0.25) is 5.91 Å². The first-order chi connectivity index (χ1) is 9.22. The molecule has 4 fully saturated rings. The van der Waals surface area contributed by atoms with Gasteiger partial charge in [-0.3, -0.25) is 14.5 Å². The summed E-state index contributed by atoms with van der Waals surface area (Å²) in [6.07, 6.45) is 5.71. The van der Waals surface area contributed by atoms with Crippen molar-refractivity contribution in [3.8, 4) is 0 Å². The Kier molecular flexibility index (Phi) is 2.69. The predicted octanol–water partition coefficient (Wildman–Crippen LogP) is 1.05. The number of hydrogen-bond donors (Lipinski definition) is 0. The van der Waals surface area contributed by atoms with E-state index >= 15 is 0 Å². The van der Waals surface area contributed by atoms with Crippen LogP contribution in [0.4, 0.5) is 0 Å². The lowest BCUT2D eigenvalue weighted by Crippen LogP contribution is -2.65. The van der Waals surface area contributed by atoms with Crippen molar-refractivity contribution in [3.63, 3.8) is 0 Å². The second-order valence-electron chi connectivity index (χ2n) is 6.82. The van der Waals surface area contributed by atoms with Gasteiger partial charge >= 0.3 is 0 Å². The maximum absolute atomic E-state index is 12.1. The summed E-state index contributed by atoms with van der Waals surface area (Å²) in [6, 6.07) is 0.921. The standard InChI is InChI=1S/C15H22N2O2/c18-12-4-5-16-8-10-6-11(14(16)7-12)9-17-13(10)2-1-3-15(17)19/h10-11,13-14H,1-9H2/t10-,11-,13-,14+/m0/s1. The first-order valence-corrected chi connectivity index (χ1v) is 7.77. The Hall–Kier alpha value is -0.900. The Labute approximate surface area is 114 Å². The van der Waals surface area contributed by atoms with Gasteiger partial charge in [0.15, 0.2) is 0 Å². The van der Waals surface area contributed by atoms with Crippen LogP contribution < -0.4 is 0 Å². The highest BCUT2D eigenvalue weighted by atomic mass is 16.2. The van der Waals surface area contributed by atoms with E-state index in [1.165, 1.54) is 12.8 Å². The van der Waals surface area contributed by atoms with E-state index < -0.39 is 0 Å². The zero-order chi connectivity index (χ0) is 13.0. The SMILES string of the molecule is O=C1CCN2C[C@@H]3C[C@@H](CN4C(=O)CCC[C@@H]34)[C@H]2C1. The molecule has 4 aliphatic rings. The van der Waals surface area contributed by atoms with Gasteiger partial charge in [-0.2, -0.15) is 0 Å². The fourth-order valence-electron chi connectivity index (χ4n) is 4.91. The van der Waals surface area contributed by atoms with E-state index in [0.29, 0.717) is 35.6 Å². The van der Waals surface area contributed by atoms with Crippen LogP contribution in [0.15, 0.2) is 0 Å². The second-order valence-corrected chi connectivity index (χ2v) is 6.82. The highest BCUT2D eigenvalue weighted by Gasteiger charge is 2.48. The van der Waals surface area contributed by atoms with Crippen LogP contribution in [0.1, 0.15) is 38.5 Å². The fraction of sp³-hybridized carbons (Fsp3) is 0.867. The van der Waals surface area contributed by atoms with Gasteiger partial charge < -0.3 is 4.90 Å². The number of hydrogen-bond acceptors (Lipinski definition) is 3. The monoisotopic (exact) mass is 262 g/mol. The van der Waals surface area contributed by atoms with E-state index in [1.807, 2.05) is 0 Å². The number of amides is 1. The van der Waals surface area contributed by atoms with Crippen LogP contribution in [-0.4, -0.2) is 53.2 Å².